The fourth-order valence-corrected chi connectivity index (χ4v) is 1.71. The summed E-state index contributed by atoms with van der Waals surface area (Å²) in [6.07, 6.45) is 0.496. The first-order valence-electron chi connectivity index (χ1n) is 5.17. The lowest BCUT2D eigenvalue weighted by Gasteiger charge is -1.97. The molecule has 2 N–H and O–H groups in total. The number of nitrogens with two attached hydrogens (primary N) is 1. The minimum Gasteiger partial charge on any atom is -0.399 e. The number of benzene rings is 1. The zero-order chi connectivity index (χ0) is 13.5. The van der Waals surface area contributed by atoms with Crippen LogP contribution in [0.2, 0.25) is 0 Å². The summed E-state index contributed by atoms with van der Waals surface area (Å²) >= 11 is 1.18. The molecule has 0 bridgehead atoms. The molecule has 0 aliphatic heterocycles. The largest absolute Gasteiger partial charge is 0.399 e. The molecule has 1 rings (SSSR count). The van der Waals surface area contributed by atoms with E-state index in [9.17, 15) is 14.9 Å². The van der Waals surface area contributed by atoms with Gasteiger partial charge in [-0.3, -0.25) is 14.9 Å². The Balaban J connectivity index is 2.77. The molecule has 0 fully saturated rings. The van der Waals surface area contributed by atoms with Gasteiger partial charge in [-0.15, -0.1) is 0 Å². The summed E-state index contributed by atoms with van der Waals surface area (Å²) in [6.45, 7) is 1.49. The van der Waals surface area contributed by atoms with Crippen LogP contribution in [0.25, 0.3) is 0 Å². The summed E-state index contributed by atoms with van der Waals surface area (Å²) < 4.78 is 0. The highest BCUT2D eigenvalue weighted by Crippen LogP contribution is 2.20. The molecule has 0 atom stereocenters. The minimum atomic E-state index is -0.492. The van der Waals surface area contributed by atoms with E-state index in [0.29, 0.717) is 23.4 Å². The summed E-state index contributed by atoms with van der Waals surface area (Å²) in [5.74, 6) is 6.09. The van der Waals surface area contributed by atoms with Gasteiger partial charge >= 0.3 is 0 Å². The first kappa shape index (κ1) is 14.1. The second-order valence-corrected chi connectivity index (χ2v) is 4.70. The molecule has 6 heteroatoms. The van der Waals surface area contributed by atoms with Crippen LogP contribution in [0.15, 0.2) is 18.2 Å². The van der Waals surface area contributed by atoms with E-state index in [1.54, 1.807) is 0 Å². The first-order valence-corrected chi connectivity index (χ1v) is 6.15. The van der Waals surface area contributed by atoms with E-state index in [-0.39, 0.29) is 10.8 Å². The summed E-state index contributed by atoms with van der Waals surface area (Å²) in [6, 6.07) is 4.28. The average molecular weight is 264 g/mol. The molecule has 94 valence electrons. The molecule has 0 unspecified atom stereocenters. The molecule has 18 heavy (non-hydrogen) atoms. The molecule has 1 aromatic carbocycles. The number of nitrogens with zero attached hydrogens (tertiary/aromatic N) is 1. The number of nitro groups is 1. The SMILES string of the molecule is CC(=O)SCCC#Cc1cc(N)ccc1[N+](=O)[O-]. The fraction of sp³-hybridized carbons (Fsp3) is 0.250. The Kier molecular flexibility index (Phi) is 5.21. The lowest BCUT2D eigenvalue weighted by atomic mass is 10.1. The summed E-state index contributed by atoms with van der Waals surface area (Å²) in [5, 5.41) is 10.8. The normalized spacial score (nSPS) is 9.39. The maximum atomic E-state index is 10.8. The van der Waals surface area contributed by atoms with Gasteiger partial charge in [-0.1, -0.05) is 23.6 Å². The number of nitrogen functional groups attached to an aromatic ring is 1. The third-order valence-corrected chi connectivity index (χ3v) is 2.79. The van der Waals surface area contributed by atoms with Gasteiger partial charge < -0.3 is 5.73 Å². The third kappa shape index (κ3) is 4.47. The van der Waals surface area contributed by atoms with E-state index in [1.807, 2.05) is 0 Å². The zero-order valence-corrected chi connectivity index (χ0v) is 10.6. The van der Waals surface area contributed by atoms with Gasteiger partial charge in [0.05, 0.1) is 4.92 Å². The highest BCUT2D eigenvalue weighted by Gasteiger charge is 2.11. The number of carbonyl (C=O) groups is 1. The van der Waals surface area contributed by atoms with Crippen LogP contribution in [0.1, 0.15) is 18.9 Å². The van der Waals surface area contributed by atoms with Gasteiger partial charge in [0.15, 0.2) is 5.12 Å². The zero-order valence-electron chi connectivity index (χ0n) is 9.80. The quantitative estimate of drug-likeness (QED) is 0.297. The third-order valence-electron chi connectivity index (χ3n) is 1.97. The highest BCUT2D eigenvalue weighted by molar-refractivity contribution is 8.13. The van der Waals surface area contributed by atoms with Gasteiger partial charge in [0.25, 0.3) is 5.69 Å². The second-order valence-electron chi connectivity index (χ2n) is 3.43. The van der Waals surface area contributed by atoms with Crippen molar-refractivity contribution >= 4 is 28.3 Å². The average Bonchev–Trinajstić information content (AvgIpc) is 2.27. The number of thioether (sulfide) groups is 1. The number of hydrogen-bond donors (Lipinski definition) is 1. The van der Waals surface area contributed by atoms with Crippen LogP contribution in [-0.2, 0) is 4.79 Å². The highest BCUT2D eigenvalue weighted by atomic mass is 32.2. The Morgan fingerprint density at radius 2 is 2.28 bits per heavy atom. The van der Waals surface area contributed by atoms with Crippen LogP contribution in [0.4, 0.5) is 11.4 Å². The second kappa shape index (κ2) is 6.67. The van der Waals surface area contributed by atoms with Gasteiger partial charge in [-0.05, 0) is 12.1 Å². The van der Waals surface area contributed by atoms with Crippen molar-refractivity contribution in [1.82, 2.24) is 0 Å². The molecule has 0 radical (unpaired) electrons. The molecule has 5 nitrogen and oxygen atoms in total. The molecule has 0 amide bonds. The molecule has 0 aliphatic rings. The molecule has 0 spiro atoms. The van der Waals surface area contributed by atoms with Crippen molar-refractivity contribution < 1.29 is 9.72 Å². The van der Waals surface area contributed by atoms with Crippen LogP contribution in [0.5, 0.6) is 0 Å². The minimum absolute atomic E-state index is 0.0340. The van der Waals surface area contributed by atoms with E-state index in [1.165, 1.54) is 36.9 Å². The van der Waals surface area contributed by atoms with Crippen LogP contribution in [-0.4, -0.2) is 15.8 Å². The molecule has 0 heterocycles. The molecular weight excluding hydrogens is 252 g/mol. The summed E-state index contributed by atoms with van der Waals surface area (Å²) in [4.78, 5) is 20.9. The predicted octanol–water partition coefficient (Wildman–Crippen LogP) is 2.20. The van der Waals surface area contributed by atoms with Crippen LogP contribution in [0.3, 0.4) is 0 Å². The van der Waals surface area contributed by atoms with E-state index in [2.05, 4.69) is 11.8 Å². The first-order chi connectivity index (χ1) is 8.50. The molecule has 0 saturated heterocycles. The lowest BCUT2D eigenvalue weighted by Crippen LogP contribution is -1.94. The standard InChI is InChI=1S/C12H12N2O3S/c1-9(15)18-7-3-2-4-10-8-11(13)5-6-12(10)14(16)17/h5-6,8H,3,7,13H2,1H3. The monoisotopic (exact) mass is 264 g/mol. The van der Waals surface area contributed by atoms with Crippen molar-refractivity contribution in [2.45, 2.75) is 13.3 Å². The Bertz CT molecular complexity index is 532. The Morgan fingerprint density at radius 3 is 2.89 bits per heavy atom. The maximum Gasteiger partial charge on any atom is 0.285 e. The van der Waals surface area contributed by atoms with E-state index in [0.717, 1.165) is 0 Å². The number of nitro benzene ring substituents is 1. The Labute approximate surface area is 109 Å². The Morgan fingerprint density at radius 1 is 1.56 bits per heavy atom. The van der Waals surface area contributed by atoms with Gasteiger partial charge in [-0.25, -0.2) is 0 Å². The smallest absolute Gasteiger partial charge is 0.285 e. The van der Waals surface area contributed by atoms with Crippen LogP contribution >= 0.6 is 11.8 Å². The van der Waals surface area contributed by atoms with Crippen molar-refractivity contribution in [2.24, 2.45) is 0 Å². The van der Waals surface area contributed by atoms with Crippen molar-refractivity contribution in [3.63, 3.8) is 0 Å². The summed E-state index contributed by atoms with van der Waals surface area (Å²) in [5.41, 5.74) is 6.23. The van der Waals surface area contributed by atoms with Gasteiger partial charge in [0, 0.05) is 30.9 Å². The van der Waals surface area contributed by atoms with Crippen molar-refractivity contribution in [2.75, 3.05) is 11.5 Å². The maximum absolute atomic E-state index is 10.8. The topological polar surface area (TPSA) is 86.2 Å². The molecule has 0 saturated carbocycles. The number of carbonyl (C=O) groups excluding carboxylic acids is 1. The van der Waals surface area contributed by atoms with Gasteiger partial charge in [0.2, 0.25) is 0 Å². The molecular formula is C12H12N2O3S. The van der Waals surface area contributed by atoms with Crippen LogP contribution < -0.4 is 5.73 Å². The number of hydrogen-bond acceptors (Lipinski definition) is 5. The van der Waals surface area contributed by atoms with Crippen molar-refractivity contribution in [1.29, 1.82) is 0 Å². The molecule has 0 aliphatic carbocycles. The van der Waals surface area contributed by atoms with E-state index in [4.69, 9.17) is 5.73 Å². The van der Waals surface area contributed by atoms with Crippen molar-refractivity contribution in [3.05, 3.63) is 33.9 Å². The number of anilines is 1. The van der Waals surface area contributed by atoms with Crippen LogP contribution in [0, 0.1) is 22.0 Å². The van der Waals surface area contributed by atoms with Crippen molar-refractivity contribution in [3.8, 4) is 11.8 Å². The fourth-order valence-electron chi connectivity index (χ4n) is 1.22. The molecule has 0 aromatic heterocycles. The van der Waals surface area contributed by atoms with E-state index >= 15 is 0 Å². The van der Waals surface area contributed by atoms with Gasteiger partial charge in [0.1, 0.15) is 5.56 Å². The summed E-state index contributed by atoms with van der Waals surface area (Å²) in [7, 11) is 0. The predicted molar refractivity (Wildman–Crippen MR) is 72.1 cm³/mol. The molecule has 1 aromatic rings. The number of rotatable bonds is 3. The Hall–Kier alpha value is -2.00. The van der Waals surface area contributed by atoms with E-state index < -0.39 is 4.92 Å². The van der Waals surface area contributed by atoms with Gasteiger partial charge in [-0.2, -0.15) is 0 Å². The lowest BCUT2D eigenvalue weighted by molar-refractivity contribution is -0.385.